The highest BCUT2D eigenvalue weighted by Gasteiger charge is 2.38. The highest BCUT2D eigenvalue weighted by Crippen LogP contribution is 2.44. The zero-order valence-corrected chi connectivity index (χ0v) is 31.3. The molecule has 0 radical (unpaired) electrons. The van der Waals surface area contributed by atoms with Crippen molar-refractivity contribution in [2.45, 2.75) is 160 Å². The quantitative estimate of drug-likeness (QED) is 0.0283. The normalized spacial score (nSPS) is 20.3. The van der Waals surface area contributed by atoms with Crippen molar-refractivity contribution in [3.05, 3.63) is 43.0 Å². The molecule has 15 heteroatoms. The maximum Gasteiger partial charge on any atom is 0.472 e. The Kier molecular flexibility index (Phi) is 21.7. The molecule has 1 aromatic heterocycles. The summed E-state index contributed by atoms with van der Waals surface area (Å²) in [5.74, 6) is 1.14. The summed E-state index contributed by atoms with van der Waals surface area (Å²) in [6.07, 6.45) is 18.2. The SMILES string of the molecule is CCCCCCCCCCCCSC(CCCCC)C(C)OCCCOP(=O)(O)OC[C@H]1O[C@@H](n2cc(C)c(=O)[nH]c2=O)C[C@@H]1N=[N+]=[N-]. The van der Waals surface area contributed by atoms with E-state index in [4.69, 9.17) is 24.1 Å². The van der Waals surface area contributed by atoms with Crippen LogP contribution in [0.25, 0.3) is 10.4 Å². The number of hydrogen-bond acceptors (Lipinski definition) is 9. The number of phosphoric ester groups is 1. The van der Waals surface area contributed by atoms with E-state index < -0.39 is 44.1 Å². The van der Waals surface area contributed by atoms with Crippen molar-refractivity contribution in [3.8, 4) is 0 Å². The lowest BCUT2D eigenvalue weighted by Crippen LogP contribution is -2.33. The number of rotatable bonds is 28. The van der Waals surface area contributed by atoms with E-state index in [1.807, 2.05) is 11.8 Å². The van der Waals surface area contributed by atoms with Gasteiger partial charge in [0.1, 0.15) is 6.23 Å². The van der Waals surface area contributed by atoms with E-state index in [1.54, 1.807) is 6.92 Å². The Bertz CT molecular complexity index is 1240. The van der Waals surface area contributed by atoms with Gasteiger partial charge in [-0.15, -0.1) is 0 Å². The van der Waals surface area contributed by atoms with E-state index in [1.165, 1.54) is 94.2 Å². The van der Waals surface area contributed by atoms with E-state index in [0.29, 0.717) is 23.8 Å². The summed E-state index contributed by atoms with van der Waals surface area (Å²) in [7, 11) is -4.43. The second-order valence-corrected chi connectivity index (χ2v) is 15.5. The summed E-state index contributed by atoms with van der Waals surface area (Å²) in [5.41, 5.74) is 8.10. The Hall–Kier alpha value is -1.63. The van der Waals surface area contributed by atoms with Gasteiger partial charge < -0.3 is 14.4 Å². The Morgan fingerprint density at radius 2 is 1.69 bits per heavy atom. The number of thioether (sulfide) groups is 1. The van der Waals surface area contributed by atoms with E-state index in [9.17, 15) is 19.0 Å². The van der Waals surface area contributed by atoms with E-state index in [2.05, 4.69) is 35.8 Å². The van der Waals surface area contributed by atoms with Crippen LogP contribution < -0.4 is 11.2 Å². The molecule has 276 valence electrons. The van der Waals surface area contributed by atoms with Gasteiger partial charge in [0.05, 0.1) is 31.5 Å². The average Bonchev–Trinajstić information content (AvgIpc) is 3.45. The predicted octanol–water partition coefficient (Wildman–Crippen LogP) is 8.34. The van der Waals surface area contributed by atoms with Gasteiger partial charge in [0.2, 0.25) is 0 Å². The van der Waals surface area contributed by atoms with Crippen molar-refractivity contribution in [2.24, 2.45) is 5.11 Å². The first-order valence-electron chi connectivity index (χ1n) is 18.0. The lowest BCUT2D eigenvalue weighted by molar-refractivity contribution is -0.0288. The predicted molar refractivity (Wildman–Crippen MR) is 192 cm³/mol. The zero-order valence-electron chi connectivity index (χ0n) is 29.6. The van der Waals surface area contributed by atoms with Crippen LogP contribution in [0.3, 0.4) is 0 Å². The number of H-pyrrole nitrogens is 1. The number of unbranched alkanes of at least 4 members (excludes halogenated alkanes) is 11. The van der Waals surface area contributed by atoms with Crippen LogP contribution in [0.5, 0.6) is 0 Å². The highest BCUT2D eigenvalue weighted by molar-refractivity contribution is 7.99. The van der Waals surface area contributed by atoms with Crippen molar-refractivity contribution in [1.29, 1.82) is 0 Å². The molecule has 1 fully saturated rings. The van der Waals surface area contributed by atoms with Crippen LogP contribution in [0.15, 0.2) is 20.9 Å². The van der Waals surface area contributed by atoms with Crippen LogP contribution in [0.4, 0.5) is 0 Å². The lowest BCUT2D eigenvalue weighted by Gasteiger charge is -2.24. The summed E-state index contributed by atoms with van der Waals surface area (Å²) < 4.78 is 36.0. The molecule has 48 heavy (non-hydrogen) atoms. The first-order chi connectivity index (χ1) is 23.1. The number of ether oxygens (including phenoxy) is 2. The molecule has 0 saturated carbocycles. The van der Waals surface area contributed by atoms with Gasteiger partial charge in [-0.05, 0) is 44.4 Å². The molecule has 1 aliphatic heterocycles. The maximum atomic E-state index is 12.6. The molecule has 2 N–H and O–H groups in total. The van der Waals surface area contributed by atoms with Crippen LogP contribution in [0.1, 0.15) is 135 Å². The van der Waals surface area contributed by atoms with Gasteiger partial charge in [-0.3, -0.25) is 23.4 Å². The molecule has 0 amide bonds. The summed E-state index contributed by atoms with van der Waals surface area (Å²) in [5, 5.41) is 4.11. The zero-order chi connectivity index (χ0) is 35.2. The van der Waals surface area contributed by atoms with Gasteiger partial charge >= 0.3 is 13.5 Å². The molecule has 0 bridgehead atoms. The number of nitrogens with zero attached hydrogens (tertiary/aromatic N) is 4. The molecule has 0 aromatic carbocycles. The van der Waals surface area contributed by atoms with Crippen LogP contribution in [-0.2, 0) is 23.1 Å². The largest absolute Gasteiger partial charge is 0.472 e. The number of aromatic nitrogens is 2. The Labute approximate surface area is 290 Å². The van der Waals surface area contributed by atoms with Gasteiger partial charge in [-0.1, -0.05) is 96.0 Å². The smallest absolute Gasteiger partial charge is 0.377 e. The minimum Gasteiger partial charge on any atom is -0.377 e. The minimum absolute atomic E-state index is 0.0350. The third-order valence-electron chi connectivity index (χ3n) is 8.63. The molecule has 13 nitrogen and oxygen atoms in total. The molecule has 6 atom stereocenters. The molecule has 1 aliphatic rings. The van der Waals surface area contributed by atoms with Crippen LogP contribution in [0.2, 0.25) is 0 Å². The van der Waals surface area contributed by atoms with Crippen LogP contribution >= 0.6 is 19.6 Å². The number of hydrogen-bond donors (Lipinski definition) is 2. The first kappa shape index (κ1) is 42.5. The number of azide groups is 1. The number of aryl methyl sites for hydroxylation is 1. The fourth-order valence-electron chi connectivity index (χ4n) is 5.72. The molecule has 3 unspecified atom stereocenters. The topological polar surface area (TPSA) is 178 Å². The highest BCUT2D eigenvalue weighted by atomic mass is 32.2. The molecule has 2 rings (SSSR count). The van der Waals surface area contributed by atoms with Gasteiger partial charge in [0, 0.05) is 34.9 Å². The molecule has 0 aliphatic carbocycles. The molecule has 2 heterocycles. The third kappa shape index (κ3) is 16.9. The Balaban J connectivity index is 1.70. The lowest BCUT2D eigenvalue weighted by atomic mass is 10.1. The van der Waals surface area contributed by atoms with Gasteiger partial charge in [0.25, 0.3) is 5.56 Å². The number of phosphoric acid groups is 1. The van der Waals surface area contributed by atoms with Crippen molar-refractivity contribution in [2.75, 3.05) is 25.6 Å². The summed E-state index contributed by atoms with van der Waals surface area (Å²) in [4.78, 5) is 39.3. The monoisotopic (exact) mass is 717 g/mol. The van der Waals surface area contributed by atoms with Crippen molar-refractivity contribution in [1.82, 2.24) is 9.55 Å². The standard InChI is InChI=1S/C33H60N5O8PS/c1-5-7-9-10-11-12-13-14-15-17-22-48-30(19-16-8-6-2)27(4)43-20-18-21-44-47(41,42)45-25-29-28(36-37-34)23-31(46-29)38-24-26(3)32(39)35-33(38)40/h24,27-31H,5-23,25H2,1-4H3,(H,41,42)(H,35,39,40)/t27?,28-,29+,30?,31+/m0/s1. The van der Waals surface area contributed by atoms with E-state index >= 15 is 0 Å². The second-order valence-electron chi connectivity index (χ2n) is 12.7. The molecule has 1 aromatic rings. The van der Waals surface area contributed by atoms with E-state index in [0.717, 1.165) is 12.2 Å². The van der Waals surface area contributed by atoms with Crippen molar-refractivity contribution in [3.63, 3.8) is 0 Å². The molecule has 1 saturated heterocycles. The third-order valence-corrected chi connectivity index (χ3v) is 11.2. The summed E-state index contributed by atoms with van der Waals surface area (Å²) in [6.45, 7) is 8.09. The Morgan fingerprint density at radius 3 is 2.35 bits per heavy atom. The van der Waals surface area contributed by atoms with E-state index in [-0.39, 0.29) is 19.1 Å². The molecule has 0 spiro atoms. The molecular weight excluding hydrogens is 657 g/mol. The van der Waals surface area contributed by atoms with Crippen molar-refractivity contribution < 1.29 is 28.0 Å². The van der Waals surface area contributed by atoms with Gasteiger partial charge in [0.15, 0.2) is 0 Å². The second kappa shape index (κ2) is 24.5. The van der Waals surface area contributed by atoms with Gasteiger partial charge in [-0.25, -0.2) is 9.36 Å². The molecular formula is C33H60N5O8PS. The van der Waals surface area contributed by atoms with Crippen molar-refractivity contribution >= 4 is 19.6 Å². The van der Waals surface area contributed by atoms with Gasteiger partial charge in [-0.2, -0.15) is 11.8 Å². The fourth-order valence-corrected chi connectivity index (χ4v) is 7.84. The number of nitrogens with one attached hydrogen (secondary N) is 1. The average molecular weight is 718 g/mol. The summed E-state index contributed by atoms with van der Waals surface area (Å²) >= 11 is 2.01. The number of aromatic amines is 1. The Morgan fingerprint density at radius 1 is 1.04 bits per heavy atom. The first-order valence-corrected chi connectivity index (χ1v) is 20.5. The maximum absolute atomic E-state index is 12.6. The van der Waals surface area contributed by atoms with Crippen LogP contribution in [0, 0.1) is 6.92 Å². The van der Waals surface area contributed by atoms with Crippen LogP contribution in [-0.4, -0.2) is 63.5 Å². The minimum atomic E-state index is -4.43. The summed E-state index contributed by atoms with van der Waals surface area (Å²) in [6, 6.07) is -0.762. The fraction of sp³-hybridized carbons (Fsp3) is 0.879.